The van der Waals surface area contributed by atoms with E-state index in [2.05, 4.69) is 0 Å². The lowest BCUT2D eigenvalue weighted by Crippen LogP contribution is -1.91. The molecule has 0 N–H and O–H groups in total. The molecule has 1 heteroatoms. The zero-order valence-corrected chi connectivity index (χ0v) is 23.6. The van der Waals surface area contributed by atoms with Gasteiger partial charge in [0.05, 0.1) is 17.8 Å². The van der Waals surface area contributed by atoms with Gasteiger partial charge in [0, 0.05) is 16.3 Å². The summed E-state index contributed by atoms with van der Waals surface area (Å²) in [7, 11) is 0. The predicted octanol–water partition coefficient (Wildman–Crippen LogP) is 12.6. The van der Waals surface area contributed by atoms with Gasteiger partial charge in [0.2, 0.25) is 0 Å². The van der Waals surface area contributed by atoms with Gasteiger partial charge in [-0.1, -0.05) is 151 Å². The molecule has 0 saturated carbocycles. The first-order valence-electron chi connectivity index (χ1n) is 20.9. The summed E-state index contributed by atoms with van der Waals surface area (Å²) >= 11 is 0. The van der Waals surface area contributed by atoms with Crippen molar-refractivity contribution in [2.24, 2.45) is 0 Å². The number of benzene rings is 8. The summed E-state index contributed by atoms with van der Waals surface area (Å²) in [4.78, 5) is 0. The topological polar surface area (TPSA) is 13.1 Å². The van der Waals surface area contributed by atoms with E-state index in [1.807, 2.05) is 72.8 Å². The van der Waals surface area contributed by atoms with E-state index in [-0.39, 0.29) is 32.7 Å². The summed E-state index contributed by atoms with van der Waals surface area (Å²) in [6.07, 6.45) is 0. The Morgan fingerprint density at radius 1 is 0.378 bits per heavy atom. The van der Waals surface area contributed by atoms with Crippen LogP contribution in [0.2, 0.25) is 0 Å². The highest BCUT2D eigenvalue weighted by Gasteiger charge is 2.18. The van der Waals surface area contributed by atoms with Crippen LogP contribution in [0.15, 0.2) is 174 Å². The normalized spacial score (nSPS) is 15.6. The van der Waals surface area contributed by atoms with Crippen molar-refractivity contribution in [3.05, 3.63) is 170 Å². The lowest BCUT2D eigenvalue weighted by Gasteiger charge is -2.18. The zero-order chi connectivity index (χ0) is 41.1. The molecule has 0 aliphatic rings. The average Bonchev–Trinajstić information content (AvgIpc) is 3.62. The highest BCUT2D eigenvalue weighted by molar-refractivity contribution is 6.21. The smallest absolute Gasteiger partial charge is 0.143 e. The molecule has 0 atom stereocenters. The van der Waals surface area contributed by atoms with Gasteiger partial charge in [0.15, 0.2) is 0 Å². The van der Waals surface area contributed by atoms with Crippen molar-refractivity contribution in [2.75, 3.05) is 0 Å². The molecule has 0 aliphatic heterocycles. The van der Waals surface area contributed by atoms with Crippen LogP contribution in [0.5, 0.6) is 0 Å². The first-order valence-corrected chi connectivity index (χ1v) is 14.4. The van der Waals surface area contributed by atoms with Gasteiger partial charge in [-0.3, -0.25) is 0 Å². The molecule has 0 amide bonds. The van der Waals surface area contributed by atoms with Gasteiger partial charge in [-0.25, -0.2) is 0 Å². The summed E-state index contributed by atoms with van der Waals surface area (Å²) in [5.74, 6) is 0. The van der Waals surface area contributed by atoms with E-state index in [9.17, 15) is 5.48 Å². The third-order valence-electron chi connectivity index (χ3n) is 8.19. The van der Waals surface area contributed by atoms with Crippen molar-refractivity contribution in [3.63, 3.8) is 0 Å². The van der Waals surface area contributed by atoms with Crippen LogP contribution in [0.4, 0.5) is 0 Å². The maximum atomic E-state index is 9.27. The maximum Gasteiger partial charge on any atom is 0.143 e. The molecule has 0 spiro atoms. The summed E-state index contributed by atoms with van der Waals surface area (Å²) < 4.78 is 121. The number of furan rings is 1. The van der Waals surface area contributed by atoms with Crippen molar-refractivity contribution < 1.29 is 22.2 Å². The fourth-order valence-corrected chi connectivity index (χ4v) is 6.22. The third-order valence-corrected chi connectivity index (χ3v) is 8.19. The maximum absolute atomic E-state index is 9.27. The second kappa shape index (κ2) is 10.4. The molecule has 0 aliphatic carbocycles. The molecule has 8 aromatic carbocycles. The van der Waals surface area contributed by atoms with Crippen molar-refractivity contribution in [1.82, 2.24) is 0 Å². The molecule has 0 fully saturated rings. The van der Waals surface area contributed by atoms with Crippen LogP contribution in [0.1, 0.15) is 17.8 Å². The minimum absolute atomic E-state index is 0.0613. The molecular weight excluding hydrogens is 544 g/mol. The van der Waals surface area contributed by atoms with Gasteiger partial charge in [0.1, 0.15) is 11.2 Å². The van der Waals surface area contributed by atoms with Gasteiger partial charge in [-0.05, 0) is 78.7 Å². The van der Waals surface area contributed by atoms with Crippen LogP contribution in [0.3, 0.4) is 0 Å². The number of hydrogen-bond donors (Lipinski definition) is 0. The molecule has 9 rings (SSSR count). The Balaban J connectivity index is 1.41. The van der Waals surface area contributed by atoms with E-state index in [4.69, 9.17) is 16.8 Å². The van der Waals surface area contributed by atoms with Gasteiger partial charge >= 0.3 is 0 Å². The van der Waals surface area contributed by atoms with Crippen LogP contribution in [-0.2, 0) is 0 Å². The monoisotopic (exact) mass is 585 g/mol. The molecule has 0 unspecified atom stereocenters. The molecule has 9 aromatic rings. The van der Waals surface area contributed by atoms with E-state index >= 15 is 0 Å². The fourth-order valence-electron chi connectivity index (χ4n) is 6.22. The van der Waals surface area contributed by atoms with E-state index < -0.39 is 84.1 Å². The van der Waals surface area contributed by atoms with Gasteiger partial charge < -0.3 is 4.42 Å². The molecular formula is C44H28O. The quantitative estimate of drug-likeness (QED) is 0.187. The van der Waals surface area contributed by atoms with E-state index in [1.54, 1.807) is 18.2 Å². The van der Waals surface area contributed by atoms with E-state index in [1.165, 1.54) is 0 Å². The zero-order valence-electron chi connectivity index (χ0n) is 36.6. The predicted molar refractivity (Wildman–Crippen MR) is 190 cm³/mol. The first-order chi connectivity index (χ1) is 27.7. The van der Waals surface area contributed by atoms with Gasteiger partial charge in [-0.2, -0.15) is 0 Å². The van der Waals surface area contributed by atoms with Crippen molar-refractivity contribution in [2.45, 2.75) is 0 Å². The minimum atomic E-state index is -0.716. The highest BCUT2D eigenvalue weighted by Crippen LogP contribution is 2.45. The molecule has 0 radical (unpaired) electrons. The summed E-state index contributed by atoms with van der Waals surface area (Å²) in [6.45, 7) is 0. The van der Waals surface area contributed by atoms with Crippen molar-refractivity contribution in [1.29, 1.82) is 0 Å². The van der Waals surface area contributed by atoms with Crippen LogP contribution in [-0.4, -0.2) is 0 Å². The molecule has 1 nitrogen and oxygen atoms in total. The Bertz CT molecular complexity index is 3150. The summed E-state index contributed by atoms with van der Waals surface area (Å²) in [5.41, 5.74) is 4.25. The Morgan fingerprint density at radius 2 is 0.978 bits per heavy atom. The largest absolute Gasteiger partial charge is 0.455 e. The second-order valence-corrected chi connectivity index (χ2v) is 10.7. The average molecular weight is 586 g/mol. The lowest BCUT2D eigenvalue weighted by molar-refractivity contribution is 0.670. The molecule has 1 aromatic heterocycles. The molecule has 0 saturated heterocycles. The number of fused-ring (bicyclic) bond motifs is 5. The van der Waals surface area contributed by atoms with Crippen LogP contribution in [0.25, 0.3) is 88.0 Å². The fraction of sp³-hybridized carbons (Fsp3) is 0. The standard InChI is InChI=1S/C44H28O/c1-3-13-29(14-4-1)31-25-26-35-40-24-12-23-34(44(40)45-41(35)28-31)32-17-11-18-33(27-32)43-38-21-9-7-19-36(38)42(30-15-5-2-6-16-30)37-20-8-10-22-39(37)43/h1-28H/i2D,5D,6D,7D,8D,9D,10D,15D,16D,19D,20D,21D,22D. The number of rotatable bonds is 4. The lowest BCUT2D eigenvalue weighted by atomic mass is 9.85. The number of para-hydroxylation sites is 1. The van der Waals surface area contributed by atoms with Crippen molar-refractivity contribution in [3.8, 4) is 44.5 Å². The first kappa shape index (κ1) is 15.7. The highest BCUT2D eigenvalue weighted by atomic mass is 16.3. The summed E-state index contributed by atoms with van der Waals surface area (Å²) in [5, 5.41) is 0.974. The van der Waals surface area contributed by atoms with Crippen LogP contribution in [0, 0.1) is 0 Å². The molecule has 0 bridgehead atoms. The van der Waals surface area contributed by atoms with Crippen molar-refractivity contribution >= 4 is 43.5 Å². The Hall–Kier alpha value is -5.92. The van der Waals surface area contributed by atoms with E-state index in [0.29, 0.717) is 27.9 Å². The van der Waals surface area contributed by atoms with Crippen LogP contribution < -0.4 is 0 Å². The Kier molecular flexibility index (Phi) is 3.62. The Labute approximate surface area is 279 Å². The van der Waals surface area contributed by atoms with Crippen LogP contribution >= 0.6 is 0 Å². The molecule has 1 heterocycles. The van der Waals surface area contributed by atoms with Gasteiger partial charge in [0.25, 0.3) is 0 Å². The van der Waals surface area contributed by atoms with E-state index in [0.717, 1.165) is 21.9 Å². The third kappa shape index (κ3) is 4.17. The minimum Gasteiger partial charge on any atom is -0.455 e. The SMILES string of the molecule is [2H]c1c([2H])c([2H])c(-c2c3c([2H])c([2H])c([2H])c([2H])c3c(-c3cccc(-c4cccc5c4oc4cc(-c6ccccc6)ccc45)c3)c3c([2H])c([2H])c([2H])c([2H])c23)c([2H])c1[2H]. The summed E-state index contributed by atoms with van der Waals surface area (Å²) in [6, 6.07) is 20.3. The Morgan fingerprint density at radius 3 is 1.69 bits per heavy atom. The van der Waals surface area contributed by atoms with Gasteiger partial charge in [-0.15, -0.1) is 0 Å². The molecule has 45 heavy (non-hydrogen) atoms. The molecule has 210 valence electrons. The number of hydrogen-bond acceptors (Lipinski definition) is 1. The second-order valence-electron chi connectivity index (χ2n) is 10.7.